The predicted molar refractivity (Wildman–Crippen MR) is 76.0 cm³/mol. The van der Waals surface area contributed by atoms with Crippen molar-refractivity contribution in [1.82, 2.24) is 5.32 Å². The van der Waals surface area contributed by atoms with Crippen LogP contribution in [0.25, 0.3) is 0 Å². The summed E-state index contributed by atoms with van der Waals surface area (Å²) in [4.78, 5) is 22.7. The second-order valence-electron chi connectivity index (χ2n) is 5.00. The number of rotatable bonds is 7. The summed E-state index contributed by atoms with van der Waals surface area (Å²) in [5.74, 6) is -0.299. The number of benzene rings is 1. The highest BCUT2D eigenvalue weighted by Gasteiger charge is 2.18. The maximum absolute atomic E-state index is 11.9. The molecule has 0 saturated carbocycles. The number of nitrogens with one attached hydrogen (secondary N) is 1. The molecule has 20 heavy (non-hydrogen) atoms. The first-order valence-electron chi connectivity index (χ1n) is 6.70. The standard InChI is InChI=1S/C15H21NO4/c1-4-13(15(18)19)16-14(17)11-5-7-12(8-6-11)20-9-10(2)3/h5-8,10,13H,4,9H2,1-3H3,(H,16,17)(H,18,19). The van der Waals surface area contributed by atoms with Crippen LogP contribution in [0.15, 0.2) is 24.3 Å². The monoisotopic (exact) mass is 279 g/mol. The molecular formula is C15H21NO4. The Labute approximate surface area is 118 Å². The average Bonchev–Trinajstić information content (AvgIpc) is 2.42. The van der Waals surface area contributed by atoms with Gasteiger partial charge in [-0.1, -0.05) is 20.8 Å². The van der Waals surface area contributed by atoms with E-state index in [2.05, 4.69) is 19.2 Å². The molecule has 0 saturated heterocycles. The van der Waals surface area contributed by atoms with E-state index in [0.29, 0.717) is 30.3 Å². The zero-order valence-corrected chi connectivity index (χ0v) is 12.1. The molecule has 1 unspecified atom stereocenters. The minimum Gasteiger partial charge on any atom is -0.493 e. The molecule has 0 aromatic heterocycles. The van der Waals surface area contributed by atoms with Crippen LogP contribution in [-0.2, 0) is 4.79 Å². The summed E-state index contributed by atoms with van der Waals surface area (Å²) in [6.45, 7) is 6.43. The van der Waals surface area contributed by atoms with E-state index in [4.69, 9.17) is 9.84 Å². The molecule has 5 heteroatoms. The van der Waals surface area contributed by atoms with Gasteiger partial charge >= 0.3 is 5.97 Å². The van der Waals surface area contributed by atoms with Crippen LogP contribution in [0.3, 0.4) is 0 Å². The second kappa shape index (κ2) is 7.53. The second-order valence-corrected chi connectivity index (χ2v) is 5.00. The van der Waals surface area contributed by atoms with Crippen LogP contribution in [0.5, 0.6) is 5.75 Å². The number of hydrogen-bond donors (Lipinski definition) is 2. The molecule has 0 aliphatic carbocycles. The van der Waals surface area contributed by atoms with Crippen LogP contribution < -0.4 is 10.1 Å². The van der Waals surface area contributed by atoms with Crippen molar-refractivity contribution < 1.29 is 19.4 Å². The van der Waals surface area contributed by atoms with Gasteiger partial charge in [-0.15, -0.1) is 0 Å². The van der Waals surface area contributed by atoms with E-state index in [1.54, 1.807) is 31.2 Å². The van der Waals surface area contributed by atoms with Crippen molar-refractivity contribution in [2.45, 2.75) is 33.2 Å². The Morgan fingerprint density at radius 2 is 1.85 bits per heavy atom. The van der Waals surface area contributed by atoms with Gasteiger partial charge in [-0.2, -0.15) is 0 Å². The SMILES string of the molecule is CCC(NC(=O)c1ccc(OCC(C)C)cc1)C(=O)O. The van der Waals surface area contributed by atoms with E-state index in [0.717, 1.165) is 0 Å². The van der Waals surface area contributed by atoms with Gasteiger partial charge in [0.2, 0.25) is 0 Å². The molecule has 5 nitrogen and oxygen atoms in total. The molecule has 1 rings (SSSR count). The number of amides is 1. The van der Waals surface area contributed by atoms with Crippen LogP contribution in [0.4, 0.5) is 0 Å². The summed E-state index contributed by atoms with van der Waals surface area (Å²) in [6.07, 6.45) is 0.344. The van der Waals surface area contributed by atoms with E-state index >= 15 is 0 Å². The highest BCUT2D eigenvalue weighted by Crippen LogP contribution is 2.13. The Kier molecular flexibility index (Phi) is 6.03. The Balaban J connectivity index is 2.63. The lowest BCUT2D eigenvalue weighted by molar-refractivity contribution is -0.139. The van der Waals surface area contributed by atoms with E-state index in [1.165, 1.54) is 0 Å². The highest BCUT2D eigenvalue weighted by molar-refractivity contribution is 5.96. The number of aliphatic carboxylic acids is 1. The fraction of sp³-hybridized carbons (Fsp3) is 0.467. The Morgan fingerprint density at radius 1 is 1.25 bits per heavy atom. The van der Waals surface area contributed by atoms with Crippen LogP contribution in [-0.4, -0.2) is 29.6 Å². The minimum absolute atomic E-state index is 0.344. The molecular weight excluding hydrogens is 258 g/mol. The quantitative estimate of drug-likeness (QED) is 0.803. The molecule has 1 atom stereocenters. The van der Waals surface area contributed by atoms with Crippen molar-refractivity contribution in [2.75, 3.05) is 6.61 Å². The number of carboxylic acid groups (broad SMARTS) is 1. The van der Waals surface area contributed by atoms with Crippen molar-refractivity contribution in [3.05, 3.63) is 29.8 Å². The van der Waals surface area contributed by atoms with E-state index in [1.807, 2.05) is 0 Å². The maximum atomic E-state index is 11.9. The highest BCUT2D eigenvalue weighted by atomic mass is 16.5. The third-order valence-corrected chi connectivity index (χ3v) is 2.71. The molecule has 0 bridgehead atoms. The van der Waals surface area contributed by atoms with Crippen molar-refractivity contribution in [2.24, 2.45) is 5.92 Å². The number of carbonyl (C=O) groups is 2. The lowest BCUT2D eigenvalue weighted by Crippen LogP contribution is -2.40. The molecule has 2 N–H and O–H groups in total. The van der Waals surface area contributed by atoms with E-state index < -0.39 is 17.9 Å². The molecule has 0 heterocycles. The Bertz CT molecular complexity index is 453. The number of hydrogen-bond acceptors (Lipinski definition) is 3. The lowest BCUT2D eigenvalue weighted by atomic mass is 10.1. The van der Waals surface area contributed by atoms with Gasteiger partial charge in [0.25, 0.3) is 5.91 Å². The van der Waals surface area contributed by atoms with E-state index in [9.17, 15) is 9.59 Å². The van der Waals surface area contributed by atoms with Crippen LogP contribution in [0.1, 0.15) is 37.6 Å². The number of carbonyl (C=O) groups excluding carboxylic acids is 1. The first-order valence-corrected chi connectivity index (χ1v) is 6.70. The molecule has 0 aliphatic heterocycles. The third kappa shape index (κ3) is 4.91. The van der Waals surface area contributed by atoms with Crippen molar-refractivity contribution in [3.63, 3.8) is 0 Å². The first kappa shape index (κ1) is 16.0. The number of carboxylic acids is 1. The topological polar surface area (TPSA) is 75.6 Å². The fourth-order valence-electron chi connectivity index (χ4n) is 1.55. The molecule has 110 valence electrons. The van der Waals surface area contributed by atoms with Gasteiger partial charge in [-0.25, -0.2) is 4.79 Å². The summed E-state index contributed by atoms with van der Waals surface area (Å²) >= 11 is 0. The van der Waals surface area contributed by atoms with Crippen molar-refractivity contribution in [1.29, 1.82) is 0 Å². The normalized spacial score (nSPS) is 12.0. The smallest absolute Gasteiger partial charge is 0.326 e. The largest absolute Gasteiger partial charge is 0.493 e. The Hall–Kier alpha value is -2.04. The number of ether oxygens (including phenoxy) is 1. The molecule has 0 fully saturated rings. The van der Waals surface area contributed by atoms with Crippen LogP contribution in [0.2, 0.25) is 0 Å². The average molecular weight is 279 g/mol. The molecule has 0 spiro atoms. The predicted octanol–water partition coefficient (Wildman–Crippen LogP) is 2.31. The van der Waals surface area contributed by atoms with Crippen molar-refractivity contribution in [3.8, 4) is 5.75 Å². The molecule has 0 aliphatic rings. The van der Waals surface area contributed by atoms with Gasteiger partial charge in [0.15, 0.2) is 0 Å². The summed E-state index contributed by atoms with van der Waals surface area (Å²) in [5.41, 5.74) is 0.418. The summed E-state index contributed by atoms with van der Waals surface area (Å²) < 4.78 is 5.52. The summed E-state index contributed by atoms with van der Waals surface area (Å²) in [5, 5.41) is 11.4. The zero-order chi connectivity index (χ0) is 15.1. The summed E-state index contributed by atoms with van der Waals surface area (Å²) in [7, 11) is 0. The van der Waals surface area contributed by atoms with Gasteiger partial charge < -0.3 is 15.2 Å². The van der Waals surface area contributed by atoms with Crippen LogP contribution >= 0.6 is 0 Å². The van der Waals surface area contributed by atoms with Gasteiger partial charge in [0, 0.05) is 5.56 Å². The van der Waals surface area contributed by atoms with Crippen LogP contribution in [0, 0.1) is 5.92 Å². The van der Waals surface area contributed by atoms with E-state index in [-0.39, 0.29) is 0 Å². The van der Waals surface area contributed by atoms with Crippen molar-refractivity contribution >= 4 is 11.9 Å². The van der Waals surface area contributed by atoms with Gasteiger partial charge in [-0.05, 0) is 36.6 Å². The van der Waals surface area contributed by atoms with Gasteiger partial charge in [0.1, 0.15) is 11.8 Å². The fourth-order valence-corrected chi connectivity index (χ4v) is 1.55. The minimum atomic E-state index is -1.03. The van der Waals surface area contributed by atoms with Gasteiger partial charge in [-0.3, -0.25) is 4.79 Å². The molecule has 1 aromatic rings. The lowest BCUT2D eigenvalue weighted by Gasteiger charge is -2.13. The molecule has 1 amide bonds. The first-order chi connectivity index (χ1) is 9.43. The molecule has 0 radical (unpaired) electrons. The molecule has 1 aromatic carbocycles. The zero-order valence-electron chi connectivity index (χ0n) is 12.1. The van der Waals surface area contributed by atoms with Gasteiger partial charge in [0.05, 0.1) is 6.61 Å². The third-order valence-electron chi connectivity index (χ3n) is 2.71. The summed E-state index contributed by atoms with van der Waals surface area (Å²) in [6, 6.07) is 5.80. The maximum Gasteiger partial charge on any atom is 0.326 e. The Morgan fingerprint density at radius 3 is 2.30 bits per heavy atom.